The maximum Gasteiger partial charge on any atom is 0.212 e. The molecule has 0 radical (unpaired) electrons. The van der Waals surface area contributed by atoms with E-state index in [0.29, 0.717) is 11.6 Å². The molecule has 3 nitrogen and oxygen atoms in total. The van der Waals surface area contributed by atoms with Crippen LogP contribution in [0, 0.1) is 11.8 Å². The third kappa shape index (κ3) is 4.52. The van der Waals surface area contributed by atoms with E-state index in [-0.39, 0.29) is 5.12 Å². The molecule has 0 amide bonds. The number of thioether (sulfide) groups is 1. The normalized spacial score (nSPS) is 8.93. The summed E-state index contributed by atoms with van der Waals surface area (Å²) in [6.07, 6.45) is 1.64. The van der Waals surface area contributed by atoms with Gasteiger partial charge in [-0.15, -0.1) is 0 Å². The van der Waals surface area contributed by atoms with Crippen molar-refractivity contribution in [3.63, 3.8) is 0 Å². The SMILES string of the molecule is COc1ccc(C#CCSC(C)=O)cn1. The molecular formula is C11H11NO2S. The summed E-state index contributed by atoms with van der Waals surface area (Å²) < 4.78 is 4.92. The van der Waals surface area contributed by atoms with Gasteiger partial charge in [-0.05, 0) is 6.07 Å². The van der Waals surface area contributed by atoms with Crippen molar-refractivity contribution in [2.45, 2.75) is 6.92 Å². The Bertz CT molecular complexity index is 389. The molecule has 1 aromatic heterocycles. The standard InChI is InChI=1S/C11H11NO2S/c1-9(13)15-7-3-4-10-5-6-11(14-2)12-8-10/h5-6,8H,7H2,1-2H3. The highest BCUT2D eigenvalue weighted by Crippen LogP contribution is 2.05. The van der Waals surface area contributed by atoms with Crippen molar-refractivity contribution in [1.29, 1.82) is 0 Å². The number of aromatic nitrogens is 1. The van der Waals surface area contributed by atoms with Crippen molar-refractivity contribution in [2.75, 3.05) is 12.9 Å². The largest absolute Gasteiger partial charge is 0.481 e. The van der Waals surface area contributed by atoms with E-state index in [1.807, 2.05) is 6.07 Å². The number of rotatable bonds is 2. The molecule has 1 rings (SSSR count). The first-order valence-corrected chi connectivity index (χ1v) is 5.33. The van der Waals surface area contributed by atoms with E-state index < -0.39 is 0 Å². The Morgan fingerprint density at radius 2 is 2.40 bits per heavy atom. The monoisotopic (exact) mass is 221 g/mol. The summed E-state index contributed by atoms with van der Waals surface area (Å²) in [7, 11) is 1.57. The van der Waals surface area contributed by atoms with E-state index >= 15 is 0 Å². The predicted octanol–water partition coefficient (Wildman–Crippen LogP) is 1.72. The lowest BCUT2D eigenvalue weighted by Crippen LogP contribution is -1.87. The minimum absolute atomic E-state index is 0.0807. The lowest BCUT2D eigenvalue weighted by Gasteiger charge is -1.96. The lowest BCUT2D eigenvalue weighted by molar-refractivity contribution is -0.109. The Morgan fingerprint density at radius 3 is 2.93 bits per heavy atom. The highest BCUT2D eigenvalue weighted by atomic mass is 32.2. The van der Waals surface area contributed by atoms with E-state index in [2.05, 4.69) is 16.8 Å². The smallest absolute Gasteiger partial charge is 0.212 e. The first-order chi connectivity index (χ1) is 7.22. The quantitative estimate of drug-likeness (QED) is 0.713. The molecule has 78 valence electrons. The topological polar surface area (TPSA) is 39.2 Å². The Hall–Kier alpha value is -1.47. The molecule has 0 aliphatic carbocycles. The molecule has 0 N–H and O–H groups in total. The second kappa shape index (κ2) is 6.10. The van der Waals surface area contributed by atoms with Crippen LogP contribution in [-0.2, 0) is 4.79 Å². The fourth-order valence-electron chi connectivity index (χ4n) is 0.851. The average Bonchev–Trinajstić information content (AvgIpc) is 2.25. The van der Waals surface area contributed by atoms with Gasteiger partial charge in [0, 0.05) is 24.8 Å². The van der Waals surface area contributed by atoms with Gasteiger partial charge in [-0.25, -0.2) is 4.98 Å². The number of ether oxygens (including phenoxy) is 1. The van der Waals surface area contributed by atoms with Gasteiger partial charge in [0.15, 0.2) is 5.12 Å². The fourth-order valence-corrected chi connectivity index (χ4v) is 1.20. The van der Waals surface area contributed by atoms with Crippen LogP contribution in [0.2, 0.25) is 0 Å². The van der Waals surface area contributed by atoms with Crippen molar-refractivity contribution in [3.05, 3.63) is 23.9 Å². The molecule has 0 saturated carbocycles. The maximum absolute atomic E-state index is 10.6. The minimum atomic E-state index is 0.0807. The van der Waals surface area contributed by atoms with Gasteiger partial charge in [0.05, 0.1) is 12.9 Å². The van der Waals surface area contributed by atoms with Gasteiger partial charge in [0.25, 0.3) is 0 Å². The summed E-state index contributed by atoms with van der Waals surface area (Å²) in [6.45, 7) is 1.53. The van der Waals surface area contributed by atoms with Crippen LogP contribution in [0.5, 0.6) is 5.88 Å². The van der Waals surface area contributed by atoms with Crippen LogP contribution in [0.15, 0.2) is 18.3 Å². The number of carbonyl (C=O) groups excluding carboxylic acids is 1. The van der Waals surface area contributed by atoms with Crippen LogP contribution in [0.1, 0.15) is 12.5 Å². The summed E-state index contributed by atoms with van der Waals surface area (Å²) in [6, 6.07) is 3.58. The van der Waals surface area contributed by atoms with E-state index in [1.165, 1.54) is 18.7 Å². The predicted molar refractivity (Wildman–Crippen MR) is 60.8 cm³/mol. The number of carbonyl (C=O) groups is 1. The molecule has 0 unspecified atom stereocenters. The summed E-state index contributed by atoms with van der Waals surface area (Å²) in [5, 5.41) is 0.0807. The molecule has 0 saturated heterocycles. The maximum atomic E-state index is 10.6. The molecule has 0 aliphatic rings. The molecule has 0 aromatic carbocycles. The number of hydrogen-bond donors (Lipinski definition) is 0. The zero-order valence-electron chi connectivity index (χ0n) is 8.61. The van der Waals surface area contributed by atoms with Crippen LogP contribution >= 0.6 is 11.8 Å². The van der Waals surface area contributed by atoms with Gasteiger partial charge >= 0.3 is 0 Å². The zero-order chi connectivity index (χ0) is 11.1. The van der Waals surface area contributed by atoms with Crippen molar-refractivity contribution in [1.82, 2.24) is 4.98 Å². The van der Waals surface area contributed by atoms with Crippen molar-refractivity contribution < 1.29 is 9.53 Å². The third-order valence-corrected chi connectivity index (χ3v) is 2.22. The third-order valence-electron chi connectivity index (χ3n) is 1.53. The summed E-state index contributed by atoms with van der Waals surface area (Å²) in [5.41, 5.74) is 0.819. The number of pyridine rings is 1. The molecule has 15 heavy (non-hydrogen) atoms. The van der Waals surface area contributed by atoms with Gasteiger partial charge in [-0.2, -0.15) is 0 Å². The Labute approximate surface area is 93.2 Å². The average molecular weight is 221 g/mol. The van der Waals surface area contributed by atoms with Gasteiger partial charge in [0.2, 0.25) is 5.88 Å². The molecule has 1 heterocycles. The summed E-state index contributed by atoms with van der Waals surface area (Å²) in [4.78, 5) is 14.6. The van der Waals surface area contributed by atoms with E-state index in [9.17, 15) is 4.79 Å². The molecule has 0 fully saturated rings. The number of nitrogens with zero attached hydrogens (tertiary/aromatic N) is 1. The van der Waals surface area contributed by atoms with Crippen molar-refractivity contribution in [3.8, 4) is 17.7 Å². The number of methoxy groups -OCH3 is 1. The molecular weight excluding hydrogens is 210 g/mol. The summed E-state index contributed by atoms with van der Waals surface area (Å²) >= 11 is 1.20. The van der Waals surface area contributed by atoms with Gasteiger partial charge in [-0.3, -0.25) is 4.79 Å². The van der Waals surface area contributed by atoms with Gasteiger partial charge < -0.3 is 4.74 Å². The van der Waals surface area contributed by atoms with E-state index in [0.717, 1.165) is 5.56 Å². The van der Waals surface area contributed by atoms with Gasteiger partial charge in [-0.1, -0.05) is 23.6 Å². The zero-order valence-corrected chi connectivity index (χ0v) is 9.43. The van der Waals surface area contributed by atoms with Crippen LogP contribution in [0.3, 0.4) is 0 Å². The second-order valence-corrected chi connectivity index (χ2v) is 3.82. The van der Waals surface area contributed by atoms with Crippen LogP contribution in [0.25, 0.3) is 0 Å². The van der Waals surface area contributed by atoms with Gasteiger partial charge in [0.1, 0.15) is 0 Å². The number of hydrogen-bond acceptors (Lipinski definition) is 4. The first kappa shape index (κ1) is 11.6. The molecule has 0 aliphatic heterocycles. The first-order valence-electron chi connectivity index (χ1n) is 4.34. The van der Waals surface area contributed by atoms with Crippen molar-refractivity contribution >= 4 is 16.9 Å². The fraction of sp³-hybridized carbons (Fsp3) is 0.273. The molecule has 0 bridgehead atoms. The minimum Gasteiger partial charge on any atom is -0.481 e. The molecule has 1 aromatic rings. The second-order valence-electron chi connectivity index (χ2n) is 2.67. The van der Waals surface area contributed by atoms with Crippen LogP contribution in [-0.4, -0.2) is 23.0 Å². The highest BCUT2D eigenvalue weighted by molar-refractivity contribution is 8.13. The molecule has 4 heteroatoms. The highest BCUT2D eigenvalue weighted by Gasteiger charge is 1.92. The van der Waals surface area contributed by atoms with E-state index in [1.54, 1.807) is 19.4 Å². The van der Waals surface area contributed by atoms with Crippen LogP contribution < -0.4 is 4.74 Å². The van der Waals surface area contributed by atoms with Crippen molar-refractivity contribution in [2.24, 2.45) is 0 Å². The Balaban J connectivity index is 2.52. The molecule has 0 atom stereocenters. The Kier molecular flexibility index (Phi) is 4.72. The van der Waals surface area contributed by atoms with Crippen LogP contribution in [0.4, 0.5) is 0 Å². The van der Waals surface area contributed by atoms with E-state index in [4.69, 9.17) is 4.74 Å². The lowest BCUT2D eigenvalue weighted by atomic mass is 10.3. The Morgan fingerprint density at radius 1 is 1.60 bits per heavy atom. The summed E-state index contributed by atoms with van der Waals surface area (Å²) in [5.74, 6) is 6.88. The molecule has 0 spiro atoms.